The Morgan fingerprint density at radius 2 is 1.85 bits per heavy atom. The molecule has 0 aliphatic rings. The molecule has 0 unspecified atom stereocenters. The van der Waals surface area contributed by atoms with Crippen LogP contribution >= 0.6 is 11.9 Å². The Kier molecular flexibility index (Phi) is 8.35. The molecule has 0 spiro atoms. The van der Waals surface area contributed by atoms with E-state index >= 15 is 0 Å². The van der Waals surface area contributed by atoms with E-state index in [9.17, 15) is 9.59 Å². The van der Waals surface area contributed by atoms with Gasteiger partial charge in [0.2, 0.25) is 0 Å². The third kappa shape index (κ3) is 6.46. The van der Waals surface area contributed by atoms with Gasteiger partial charge in [0.25, 0.3) is 11.8 Å². The van der Waals surface area contributed by atoms with Crippen molar-refractivity contribution < 1.29 is 14.3 Å². The summed E-state index contributed by atoms with van der Waals surface area (Å²) in [4.78, 5) is 29.9. The van der Waals surface area contributed by atoms with Crippen LogP contribution in [0.3, 0.4) is 0 Å². The highest BCUT2D eigenvalue weighted by Gasteiger charge is 2.22. The van der Waals surface area contributed by atoms with Gasteiger partial charge in [-0.2, -0.15) is 0 Å². The lowest BCUT2D eigenvalue weighted by Gasteiger charge is -2.24. The number of carbonyl (C=O) groups is 2. The van der Waals surface area contributed by atoms with Gasteiger partial charge >= 0.3 is 0 Å². The second kappa shape index (κ2) is 11.7. The van der Waals surface area contributed by atoms with E-state index in [-0.39, 0.29) is 17.2 Å². The molecule has 204 valence electrons. The number of aromatic amines is 1. The summed E-state index contributed by atoms with van der Waals surface area (Å²) in [6.07, 6.45) is 7.04. The van der Waals surface area contributed by atoms with Crippen LogP contribution in [0.2, 0.25) is 0 Å². The standard InChI is InChI=1S/C29H34N6O3S/c1-18-9-10-20(12-25(18)35-17-24(33-35)28(37)31-16-19-8-7-11-30-15-19)27(36)32-22-13-21(29(2,3)4)14-23(34-39-6)26(22)38-5/h7-15,17,33-34H,16H2,1-6H3,(H,31,37)(H,32,36). The summed E-state index contributed by atoms with van der Waals surface area (Å²) >= 11 is 1.46. The van der Waals surface area contributed by atoms with Crippen molar-refractivity contribution in [3.05, 3.63) is 89.0 Å². The molecule has 0 saturated carbocycles. The van der Waals surface area contributed by atoms with Crippen LogP contribution in [0.15, 0.2) is 61.1 Å². The number of nitrogens with zero attached hydrogens (tertiary/aromatic N) is 2. The van der Waals surface area contributed by atoms with Crippen molar-refractivity contribution in [1.29, 1.82) is 0 Å². The Balaban J connectivity index is 1.53. The molecule has 0 atom stereocenters. The molecule has 4 aromatic rings. The van der Waals surface area contributed by atoms with Crippen LogP contribution in [0.4, 0.5) is 11.4 Å². The van der Waals surface area contributed by atoms with Gasteiger partial charge in [-0.1, -0.05) is 44.9 Å². The number of anilines is 2. The van der Waals surface area contributed by atoms with Crippen LogP contribution in [0, 0.1) is 6.92 Å². The van der Waals surface area contributed by atoms with Crippen LogP contribution in [-0.2, 0) is 12.0 Å². The van der Waals surface area contributed by atoms with Gasteiger partial charge in [-0.15, -0.1) is 0 Å². The SMILES string of the molecule is COc1c(NSC)cc(C(C)(C)C)cc1NC(=O)c1ccc(C)c(-n2cc(C(=O)NCc3cccnc3)[nH]2)c1. The van der Waals surface area contributed by atoms with Crippen molar-refractivity contribution in [2.75, 3.05) is 23.4 Å². The lowest BCUT2D eigenvalue weighted by molar-refractivity contribution is 0.0938. The van der Waals surface area contributed by atoms with E-state index in [1.54, 1.807) is 42.5 Å². The maximum Gasteiger partial charge on any atom is 0.271 e. The summed E-state index contributed by atoms with van der Waals surface area (Å²) in [5.41, 5.74) is 5.85. The molecule has 0 aliphatic carbocycles. The number of rotatable bonds is 9. The first-order valence-electron chi connectivity index (χ1n) is 12.5. The van der Waals surface area contributed by atoms with Gasteiger partial charge in [0.1, 0.15) is 5.69 Å². The molecule has 2 aromatic heterocycles. The number of pyridine rings is 1. The maximum atomic E-state index is 13.4. The average molecular weight is 547 g/mol. The van der Waals surface area contributed by atoms with Crippen molar-refractivity contribution in [2.24, 2.45) is 0 Å². The number of benzene rings is 2. The highest BCUT2D eigenvalue weighted by molar-refractivity contribution is 7.99. The normalized spacial score (nSPS) is 11.2. The summed E-state index contributed by atoms with van der Waals surface area (Å²) in [6, 6.07) is 13.2. The van der Waals surface area contributed by atoms with Crippen LogP contribution in [0.5, 0.6) is 5.75 Å². The Bertz CT molecular complexity index is 1460. The number of hydrogen-bond acceptors (Lipinski definition) is 6. The lowest BCUT2D eigenvalue weighted by atomic mass is 9.86. The Hall–Kier alpha value is -4.18. The van der Waals surface area contributed by atoms with Gasteiger partial charge < -0.3 is 20.1 Å². The molecule has 2 heterocycles. The van der Waals surface area contributed by atoms with Gasteiger partial charge in [-0.05, 0) is 59.4 Å². The van der Waals surface area contributed by atoms with E-state index in [4.69, 9.17) is 4.74 Å². The van der Waals surface area contributed by atoms with Crippen LogP contribution in [0.25, 0.3) is 5.69 Å². The van der Waals surface area contributed by atoms with Crippen molar-refractivity contribution >= 4 is 35.1 Å². The van der Waals surface area contributed by atoms with Gasteiger partial charge in [-0.3, -0.25) is 24.4 Å². The van der Waals surface area contributed by atoms with E-state index in [1.165, 1.54) is 11.9 Å². The molecule has 2 amide bonds. The summed E-state index contributed by atoms with van der Waals surface area (Å²) < 4.78 is 10.6. The summed E-state index contributed by atoms with van der Waals surface area (Å²) in [6.45, 7) is 8.70. The third-order valence-electron chi connectivity index (χ3n) is 6.27. The highest BCUT2D eigenvalue weighted by Crippen LogP contribution is 2.39. The molecule has 0 bridgehead atoms. The van der Waals surface area contributed by atoms with E-state index in [1.807, 2.05) is 43.5 Å². The fourth-order valence-electron chi connectivity index (χ4n) is 4.04. The Labute approximate surface area is 232 Å². The summed E-state index contributed by atoms with van der Waals surface area (Å²) in [5.74, 6) is 0.0732. The predicted molar refractivity (Wildman–Crippen MR) is 157 cm³/mol. The highest BCUT2D eigenvalue weighted by atomic mass is 32.2. The number of methoxy groups -OCH3 is 1. The fourth-order valence-corrected chi connectivity index (χ4v) is 4.41. The quantitative estimate of drug-likeness (QED) is 0.201. The fraction of sp³-hybridized carbons (Fsp3) is 0.276. The van der Waals surface area contributed by atoms with Crippen LogP contribution < -0.4 is 20.1 Å². The first-order valence-corrected chi connectivity index (χ1v) is 13.7. The number of amides is 2. The minimum absolute atomic E-state index is 0.130. The molecule has 2 aromatic carbocycles. The number of hydrogen-bond donors (Lipinski definition) is 4. The Morgan fingerprint density at radius 1 is 1.10 bits per heavy atom. The van der Waals surface area contributed by atoms with Gasteiger partial charge in [-0.25, -0.2) is 0 Å². The van der Waals surface area contributed by atoms with Crippen molar-refractivity contribution in [1.82, 2.24) is 20.1 Å². The van der Waals surface area contributed by atoms with Gasteiger partial charge in [0.05, 0.1) is 30.4 Å². The molecule has 0 saturated heterocycles. The summed E-state index contributed by atoms with van der Waals surface area (Å²) in [7, 11) is 1.59. The second-order valence-corrected chi connectivity index (χ2v) is 10.8. The zero-order valence-corrected chi connectivity index (χ0v) is 23.8. The first kappa shape index (κ1) is 27.8. The van der Waals surface area contributed by atoms with Crippen LogP contribution in [0.1, 0.15) is 58.3 Å². The monoisotopic (exact) mass is 546 g/mol. The molecular formula is C29H34N6O3S. The molecule has 4 N–H and O–H groups in total. The number of nitrogens with one attached hydrogen (secondary N) is 4. The maximum absolute atomic E-state index is 13.4. The number of aromatic nitrogens is 3. The minimum atomic E-state index is -0.269. The van der Waals surface area contributed by atoms with Crippen molar-refractivity contribution in [2.45, 2.75) is 39.7 Å². The summed E-state index contributed by atoms with van der Waals surface area (Å²) in [5, 5.41) is 8.96. The topological polar surface area (TPSA) is 113 Å². The first-order chi connectivity index (χ1) is 18.6. The molecule has 10 heteroatoms. The smallest absolute Gasteiger partial charge is 0.271 e. The number of carbonyl (C=O) groups excluding carboxylic acids is 2. The molecule has 9 nitrogen and oxygen atoms in total. The van der Waals surface area contributed by atoms with E-state index < -0.39 is 0 Å². The molecule has 0 aliphatic heterocycles. The zero-order valence-electron chi connectivity index (χ0n) is 23.0. The largest absolute Gasteiger partial charge is 0.492 e. The van der Waals surface area contributed by atoms with Crippen LogP contribution in [-0.4, -0.2) is 39.9 Å². The van der Waals surface area contributed by atoms with E-state index in [0.29, 0.717) is 29.2 Å². The van der Waals surface area contributed by atoms with Crippen molar-refractivity contribution in [3.8, 4) is 11.4 Å². The van der Waals surface area contributed by atoms with Gasteiger partial charge in [0, 0.05) is 30.8 Å². The third-order valence-corrected chi connectivity index (χ3v) is 6.69. The molecular weight excluding hydrogens is 512 g/mol. The molecule has 4 rings (SSSR count). The lowest BCUT2D eigenvalue weighted by Crippen LogP contribution is -2.28. The van der Waals surface area contributed by atoms with E-state index in [2.05, 4.69) is 46.2 Å². The van der Waals surface area contributed by atoms with Gasteiger partial charge in [0.15, 0.2) is 5.75 Å². The van der Waals surface area contributed by atoms with Crippen molar-refractivity contribution in [3.63, 3.8) is 0 Å². The molecule has 0 fully saturated rings. The number of aryl methyl sites for hydroxylation is 1. The molecule has 39 heavy (non-hydrogen) atoms. The predicted octanol–water partition coefficient (Wildman–Crippen LogP) is 5.69. The average Bonchev–Trinajstić information content (AvgIpc) is 2.87. The minimum Gasteiger partial charge on any atom is -0.492 e. The second-order valence-electron chi connectivity index (χ2n) is 10.2. The Morgan fingerprint density at radius 3 is 2.49 bits per heavy atom. The van der Waals surface area contributed by atoms with E-state index in [0.717, 1.165) is 28.1 Å². The number of H-pyrrole nitrogens is 1. The number of ether oxygens (including phenoxy) is 1. The zero-order chi connectivity index (χ0) is 28.2. The molecule has 0 radical (unpaired) electrons.